The van der Waals surface area contributed by atoms with Crippen LogP contribution in [0.2, 0.25) is 0 Å². The Hall–Kier alpha value is -3.45. The minimum atomic E-state index is -0.401. The zero-order chi connectivity index (χ0) is 25.0. The summed E-state index contributed by atoms with van der Waals surface area (Å²) in [5, 5.41) is 19.9. The second-order valence-corrected chi connectivity index (χ2v) is 8.89. The SMILES string of the molecule is Br.CCOc1cc2c(nc1C(=O)NC)C(=N)N(CC(=O)c1ccc(OCC#N)c(C(C)(C)C)c1)C2. The number of hydrogen-bond donors (Lipinski definition) is 2. The molecule has 0 saturated carbocycles. The molecule has 35 heavy (non-hydrogen) atoms. The number of carbonyl (C=O) groups is 2. The van der Waals surface area contributed by atoms with Gasteiger partial charge in [0.1, 0.15) is 23.3 Å². The Balaban J connectivity index is 0.00000432. The molecule has 9 nitrogen and oxygen atoms in total. The van der Waals surface area contributed by atoms with E-state index < -0.39 is 5.91 Å². The van der Waals surface area contributed by atoms with Gasteiger partial charge >= 0.3 is 0 Å². The van der Waals surface area contributed by atoms with E-state index in [4.69, 9.17) is 20.1 Å². The highest BCUT2D eigenvalue weighted by Crippen LogP contribution is 2.33. The number of aromatic nitrogens is 1. The lowest BCUT2D eigenvalue weighted by atomic mass is 9.85. The number of pyridine rings is 1. The number of amidine groups is 1. The zero-order valence-corrected chi connectivity index (χ0v) is 22.2. The summed E-state index contributed by atoms with van der Waals surface area (Å²) in [6.45, 7) is 8.43. The van der Waals surface area contributed by atoms with Crippen molar-refractivity contribution in [3.05, 3.63) is 52.3 Å². The fourth-order valence-electron chi connectivity index (χ4n) is 3.77. The van der Waals surface area contributed by atoms with Crippen LogP contribution < -0.4 is 14.8 Å². The van der Waals surface area contributed by atoms with Crippen molar-refractivity contribution in [2.24, 2.45) is 0 Å². The number of nitrogens with zero attached hydrogens (tertiary/aromatic N) is 3. The number of ketones is 1. The van der Waals surface area contributed by atoms with Crippen LogP contribution in [0.1, 0.15) is 65.4 Å². The first-order valence-corrected chi connectivity index (χ1v) is 11.0. The standard InChI is InChI=1S/C25H29N5O4.BrH/c1-6-33-20-12-16-13-30(23(27)21(16)29-22(20)24(32)28-5)14-18(31)15-7-8-19(34-10-9-26)17(11-15)25(2,3)4;/h7-8,11-12,27H,6,10,13-14H2,1-5H3,(H,28,32);1H. The Morgan fingerprint density at radius 3 is 2.54 bits per heavy atom. The number of fused-ring (bicyclic) bond motifs is 1. The number of hydrogen-bond acceptors (Lipinski definition) is 7. The summed E-state index contributed by atoms with van der Waals surface area (Å²) in [5.41, 5.74) is 2.23. The van der Waals surface area contributed by atoms with Gasteiger partial charge in [-0.05, 0) is 36.6 Å². The third kappa shape index (κ3) is 5.98. The summed E-state index contributed by atoms with van der Waals surface area (Å²) in [4.78, 5) is 31.4. The lowest BCUT2D eigenvalue weighted by molar-refractivity contribution is 0.0949. The molecular formula is C25H30BrN5O4. The predicted molar refractivity (Wildman–Crippen MR) is 137 cm³/mol. The van der Waals surface area contributed by atoms with E-state index in [1.54, 1.807) is 29.2 Å². The van der Waals surface area contributed by atoms with Gasteiger partial charge in [-0.1, -0.05) is 20.8 Å². The second kappa shape index (κ2) is 11.3. The molecule has 3 rings (SSSR count). The van der Waals surface area contributed by atoms with Crippen molar-refractivity contribution in [3.8, 4) is 17.6 Å². The smallest absolute Gasteiger partial charge is 0.273 e. The topological polar surface area (TPSA) is 128 Å². The van der Waals surface area contributed by atoms with Crippen molar-refractivity contribution in [1.29, 1.82) is 10.7 Å². The summed E-state index contributed by atoms with van der Waals surface area (Å²) in [6, 6.07) is 8.85. The zero-order valence-electron chi connectivity index (χ0n) is 20.5. The van der Waals surface area contributed by atoms with Crippen molar-refractivity contribution >= 4 is 34.5 Å². The van der Waals surface area contributed by atoms with Crippen molar-refractivity contribution in [2.75, 3.05) is 26.8 Å². The number of benzene rings is 1. The Morgan fingerprint density at radius 1 is 1.23 bits per heavy atom. The normalized spacial score (nSPS) is 12.3. The summed E-state index contributed by atoms with van der Waals surface area (Å²) in [5.74, 6) is 0.445. The van der Waals surface area contributed by atoms with E-state index >= 15 is 0 Å². The monoisotopic (exact) mass is 543 g/mol. The molecule has 1 amide bonds. The van der Waals surface area contributed by atoms with E-state index in [1.165, 1.54) is 7.05 Å². The second-order valence-electron chi connectivity index (χ2n) is 8.89. The summed E-state index contributed by atoms with van der Waals surface area (Å²) in [7, 11) is 1.51. The van der Waals surface area contributed by atoms with Crippen LogP contribution in [0.25, 0.3) is 0 Å². The molecule has 0 fully saturated rings. The van der Waals surface area contributed by atoms with Crippen LogP contribution in [0.4, 0.5) is 0 Å². The maximum absolute atomic E-state index is 13.2. The lowest BCUT2D eigenvalue weighted by Crippen LogP contribution is -2.31. The van der Waals surface area contributed by atoms with Crippen LogP contribution in [0.3, 0.4) is 0 Å². The summed E-state index contributed by atoms with van der Waals surface area (Å²) in [6.07, 6.45) is 0. The van der Waals surface area contributed by atoms with Gasteiger partial charge in [0.2, 0.25) is 0 Å². The molecule has 0 bridgehead atoms. The highest BCUT2D eigenvalue weighted by molar-refractivity contribution is 8.93. The molecule has 2 aromatic rings. The molecule has 0 radical (unpaired) electrons. The highest BCUT2D eigenvalue weighted by Gasteiger charge is 2.31. The average Bonchev–Trinajstić information content (AvgIpc) is 3.10. The number of carbonyl (C=O) groups excluding carboxylic acids is 2. The fourth-order valence-corrected chi connectivity index (χ4v) is 3.77. The molecule has 186 valence electrons. The molecule has 0 unspecified atom stereocenters. The molecule has 0 saturated heterocycles. The molecule has 1 aromatic heterocycles. The molecule has 2 heterocycles. The molecule has 2 N–H and O–H groups in total. The first-order valence-electron chi connectivity index (χ1n) is 11.0. The molecular weight excluding hydrogens is 514 g/mol. The van der Waals surface area contributed by atoms with E-state index in [9.17, 15) is 9.59 Å². The van der Waals surface area contributed by atoms with Crippen LogP contribution in [0.5, 0.6) is 11.5 Å². The summed E-state index contributed by atoms with van der Waals surface area (Å²) < 4.78 is 11.1. The number of halogens is 1. The van der Waals surface area contributed by atoms with Gasteiger partial charge in [0.05, 0.1) is 13.2 Å². The number of nitrogens with one attached hydrogen (secondary N) is 2. The highest BCUT2D eigenvalue weighted by atomic mass is 79.9. The fraction of sp³-hybridized carbons (Fsp3) is 0.400. The lowest BCUT2D eigenvalue weighted by Gasteiger charge is -2.23. The predicted octanol–water partition coefficient (Wildman–Crippen LogP) is 3.64. The Morgan fingerprint density at radius 2 is 1.94 bits per heavy atom. The average molecular weight is 544 g/mol. The maximum Gasteiger partial charge on any atom is 0.273 e. The van der Waals surface area contributed by atoms with Gasteiger partial charge in [-0.3, -0.25) is 15.0 Å². The quantitative estimate of drug-likeness (QED) is 0.486. The molecule has 0 spiro atoms. The van der Waals surface area contributed by atoms with Gasteiger partial charge in [0.25, 0.3) is 5.91 Å². The minimum absolute atomic E-state index is 0. The van der Waals surface area contributed by atoms with E-state index in [2.05, 4.69) is 10.3 Å². The van der Waals surface area contributed by atoms with Gasteiger partial charge in [-0.2, -0.15) is 5.26 Å². The molecule has 1 aromatic carbocycles. The number of amides is 1. The molecule has 0 atom stereocenters. The van der Waals surface area contributed by atoms with Crippen LogP contribution >= 0.6 is 17.0 Å². The number of Topliss-reactive ketones (excluding diaryl/α,β-unsaturated/α-hetero) is 1. The van der Waals surface area contributed by atoms with E-state index in [1.807, 2.05) is 33.8 Å². The van der Waals surface area contributed by atoms with Gasteiger partial charge in [-0.15, -0.1) is 17.0 Å². The van der Waals surface area contributed by atoms with Crippen molar-refractivity contribution in [1.82, 2.24) is 15.2 Å². The third-order valence-electron chi connectivity index (χ3n) is 5.45. The third-order valence-corrected chi connectivity index (χ3v) is 5.45. The van der Waals surface area contributed by atoms with Crippen LogP contribution in [-0.4, -0.2) is 54.2 Å². The van der Waals surface area contributed by atoms with Gasteiger partial charge in [-0.25, -0.2) is 4.98 Å². The van der Waals surface area contributed by atoms with Crippen LogP contribution in [-0.2, 0) is 12.0 Å². The van der Waals surface area contributed by atoms with Gasteiger partial charge < -0.3 is 19.7 Å². The van der Waals surface area contributed by atoms with E-state index in [0.717, 1.165) is 11.1 Å². The first kappa shape index (κ1) is 27.8. The number of ether oxygens (including phenoxy) is 2. The molecule has 0 aliphatic carbocycles. The molecule has 1 aliphatic heterocycles. The van der Waals surface area contributed by atoms with Gasteiger partial charge in [0.15, 0.2) is 23.8 Å². The van der Waals surface area contributed by atoms with Crippen LogP contribution in [0, 0.1) is 16.7 Å². The maximum atomic E-state index is 13.2. The largest absolute Gasteiger partial charge is 0.491 e. The number of nitriles is 1. The Bertz CT molecular complexity index is 1180. The molecule has 10 heteroatoms. The Labute approximate surface area is 215 Å². The van der Waals surface area contributed by atoms with Crippen LogP contribution in [0.15, 0.2) is 24.3 Å². The van der Waals surface area contributed by atoms with Crippen molar-refractivity contribution < 1.29 is 19.1 Å². The first-order chi connectivity index (χ1) is 16.1. The molecule has 1 aliphatic rings. The minimum Gasteiger partial charge on any atom is -0.491 e. The van der Waals surface area contributed by atoms with Crippen molar-refractivity contribution in [3.63, 3.8) is 0 Å². The van der Waals surface area contributed by atoms with E-state index in [0.29, 0.717) is 35.9 Å². The van der Waals surface area contributed by atoms with E-state index in [-0.39, 0.29) is 52.9 Å². The van der Waals surface area contributed by atoms with Gasteiger partial charge in [0, 0.05) is 30.3 Å². The Kier molecular flexibility index (Phi) is 8.99. The summed E-state index contributed by atoms with van der Waals surface area (Å²) >= 11 is 0. The van der Waals surface area contributed by atoms with Crippen molar-refractivity contribution in [2.45, 2.75) is 39.7 Å². The number of rotatable bonds is 8.